The highest BCUT2D eigenvalue weighted by molar-refractivity contribution is 6.02. The molecular formula is C13H17NO2. The van der Waals surface area contributed by atoms with Crippen molar-refractivity contribution in [1.29, 1.82) is 0 Å². The summed E-state index contributed by atoms with van der Waals surface area (Å²) in [4.78, 5) is 11.8. The van der Waals surface area contributed by atoms with E-state index in [1.807, 2.05) is 24.3 Å². The topological polar surface area (TPSA) is 38.3 Å². The second-order valence-corrected chi connectivity index (χ2v) is 4.12. The summed E-state index contributed by atoms with van der Waals surface area (Å²) in [6.07, 6.45) is 2.95. The van der Waals surface area contributed by atoms with Gasteiger partial charge >= 0.3 is 0 Å². The Morgan fingerprint density at radius 3 is 2.94 bits per heavy atom. The fourth-order valence-corrected chi connectivity index (χ4v) is 2.16. The SMILES string of the molecule is COCCCCC1C(=O)Nc2ccccc21. The monoisotopic (exact) mass is 219 g/mol. The Balaban J connectivity index is 1.97. The van der Waals surface area contributed by atoms with Gasteiger partial charge in [-0.3, -0.25) is 4.79 Å². The summed E-state index contributed by atoms with van der Waals surface area (Å²) in [5.41, 5.74) is 2.12. The van der Waals surface area contributed by atoms with Crippen LogP contribution in [0.15, 0.2) is 24.3 Å². The molecule has 3 heteroatoms. The smallest absolute Gasteiger partial charge is 0.232 e. The molecular weight excluding hydrogens is 202 g/mol. The lowest BCUT2D eigenvalue weighted by Crippen LogP contribution is -2.12. The standard InChI is InChI=1S/C13H17NO2/c1-16-9-5-4-7-11-10-6-2-3-8-12(10)14-13(11)15/h2-3,6,8,11H,4-5,7,9H2,1H3,(H,14,15). The largest absolute Gasteiger partial charge is 0.385 e. The second-order valence-electron chi connectivity index (χ2n) is 4.12. The van der Waals surface area contributed by atoms with Crippen LogP contribution in [0.25, 0.3) is 0 Å². The van der Waals surface area contributed by atoms with Gasteiger partial charge in [-0.25, -0.2) is 0 Å². The molecule has 1 N–H and O–H groups in total. The molecule has 16 heavy (non-hydrogen) atoms. The number of nitrogens with one attached hydrogen (secondary N) is 1. The van der Waals surface area contributed by atoms with Gasteiger partial charge in [0.2, 0.25) is 5.91 Å². The van der Waals surface area contributed by atoms with Crippen molar-refractivity contribution in [3.05, 3.63) is 29.8 Å². The van der Waals surface area contributed by atoms with Crippen LogP contribution in [0.3, 0.4) is 0 Å². The molecule has 86 valence electrons. The fourth-order valence-electron chi connectivity index (χ4n) is 2.16. The number of hydrogen-bond donors (Lipinski definition) is 1. The average molecular weight is 219 g/mol. The molecule has 0 saturated heterocycles. The summed E-state index contributed by atoms with van der Waals surface area (Å²) in [6.45, 7) is 0.774. The van der Waals surface area contributed by atoms with Crippen LogP contribution in [0.1, 0.15) is 30.7 Å². The first-order valence-electron chi connectivity index (χ1n) is 5.71. The van der Waals surface area contributed by atoms with Gasteiger partial charge in [0.1, 0.15) is 0 Å². The number of amides is 1. The maximum atomic E-state index is 11.8. The summed E-state index contributed by atoms with van der Waals surface area (Å²) < 4.78 is 5.00. The first kappa shape index (κ1) is 11.1. The van der Waals surface area contributed by atoms with Crippen molar-refractivity contribution in [1.82, 2.24) is 0 Å². The van der Waals surface area contributed by atoms with E-state index in [2.05, 4.69) is 5.32 Å². The van der Waals surface area contributed by atoms with Crippen LogP contribution in [0.2, 0.25) is 0 Å². The lowest BCUT2D eigenvalue weighted by molar-refractivity contribution is -0.117. The Bertz CT molecular complexity index is 376. The van der Waals surface area contributed by atoms with Gasteiger partial charge < -0.3 is 10.1 Å². The molecule has 1 aromatic carbocycles. The minimum absolute atomic E-state index is 0.0352. The van der Waals surface area contributed by atoms with Crippen molar-refractivity contribution in [3.63, 3.8) is 0 Å². The number of fused-ring (bicyclic) bond motifs is 1. The van der Waals surface area contributed by atoms with Crippen LogP contribution < -0.4 is 5.32 Å². The van der Waals surface area contributed by atoms with Crippen molar-refractivity contribution >= 4 is 11.6 Å². The molecule has 0 saturated carbocycles. The predicted molar refractivity (Wildman–Crippen MR) is 63.5 cm³/mol. The molecule has 1 amide bonds. The summed E-state index contributed by atoms with van der Waals surface area (Å²) in [5, 5.41) is 2.92. The van der Waals surface area contributed by atoms with Crippen LogP contribution >= 0.6 is 0 Å². The number of benzene rings is 1. The quantitative estimate of drug-likeness (QED) is 0.773. The zero-order chi connectivity index (χ0) is 11.4. The van der Waals surface area contributed by atoms with E-state index in [-0.39, 0.29) is 11.8 Å². The highest BCUT2D eigenvalue weighted by Crippen LogP contribution is 2.35. The van der Waals surface area contributed by atoms with Gasteiger partial charge in [-0.15, -0.1) is 0 Å². The lowest BCUT2D eigenvalue weighted by atomic mass is 9.95. The Morgan fingerprint density at radius 2 is 2.12 bits per heavy atom. The summed E-state index contributed by atoms with van der Waals surface area (Å²) in [7, 11) is 1.71. The molecule has 0 spiro atoms. The minimum Gasteiger partial charge on any atom is -0.385 e. The van der Waals surface area contributed by atoms with Gasteiger partial charge in [0.05, 0.1) is 5.92 Å². The lowest BCUT2D eigenvalue weighted by Gasteiger charge is -2.07. The highest BCUT2D eigenvalue weighted by atomic mass is 16.5. The van der Waals surface area contributed by atoms with Gasteiger partial charge in [-0.2, -0.15) is 0 Å². The molecule has 0 aromatic heterocycles. The number of hydrogen-bond acceptors (Lipinski definition) is 2. The minimum atomic E-state index is 0.0352. The van der Waals surface area contributed by atoms with E-state index in [0.717, 1.165) is 37.1 Å². The third kappa shape index (κ3) is 2.25. The third-order valence-electron chi connectivity index (χ3n) is 3.00. The van der Waals surface area contributed by atoms with Crippen molar-refractivity contribution in [2.45, 2.75) is 25.2 Å². The Hall–Kier alpha value is -1.35. The molecule has 1 heterocycles. The molecule has 0 radical (unpaired) electrons. The molecule has 3 nitrogen and oxygen atoms in total. The van der Waals surface area contributed by atoms with Gasteiger partial charge in [0.25, 0.3) is 0 Å². The Morgan fingerprint density at radius 1 is 1.31 bits per heavy atom. The average Bonchev–Trinajstić information content (AvgIpc) is 2.61. The maximum Gasteiger partial charge on any atom is 0.232 e. The zero-order valence-electron chi connectivity index (χ0n) is 9.53. The summed E-state index contributed by atoms with van der Waals surface area (Å²) in [5.74, 6) is 0.173. The predicted octanol–water partition coefficient (Wildman–Crippen LogP) is 2.54. The van der Waals surface area contributed by atoms with Gasteiger partial charge in [0.15, 0.2) is 0 Å². The zero-order valence-corrected chi connectivity index (χ0v) is 9.53. The molecule has 0 aliphatic carbocycles. The van der Waals surface area contributed by atoms with E-state index < -0.39 is 0 Å². The number of methoxy groups -OCH3 is 1. The molecule has 1 aromatic rings. The molecule has 1 aliphatic rings. The van der Waals surface area contributed by atoms with E-state index in [1.165, 1.54) is 0 Å². The number of anilines is 1. The molecule has 2 rings (SSSR count). The second kappa shape index (κ2) is 5.12. The maximum absolute atomic E-state index is 11.8. The van der Waals surface area contributed by atoms with E-state index in [0.29, 0.717) is 0 Å². The Labute approximate surface area is 95.8 Å². The number of ether oxygens (including phenoxy) is 1. The van der Waals surface area contributed by atoms with Crippen LogP contribution in [0.4, 0.5) is 5.69 Å². The molecule has 1 atom stereocenters. The molecule has 0 bridgehead atoms. The molecule has 1 aliphatic heterocycles. The van der Waals surface area contributed by atoms with Crippen molar-refractivity contribution in [3.8, 4) is 0 Å². The van der Waals surface area contributed by atoms with Gasteiger partial charge in [-0.1, -0.05) is 24.6 Å². The van der Waals surface area contributed by atoms with E-state index in [4.69, 9.17) is 4.74 Å². The highest BCUT2D eigenvalue weighted by Gasteiger charge is 2.29. The van der Waals surface area contributed by atoms with Crippen LogP contribution in [0.5, 0.6) is 0 Å². The number of para-hydroxylation sites is 1. The van der Waals surface area contributed by atoms with Crippen LogP contribution in [-0.4, -0.2) is 19.6 Å². The Kier molecular flexibility index (Phi) is 3.57. The molecule has 1 unspecified atom stereocenters. The number of carbonyl (C=O) groups is 1. The van der Waals surface area contributed by atoms with E-state index >= 15 is 0 Å². The van der Waals surface area contributed by atoms with Crippen molar-refractivity contribution in [2.24, 2.45) is 0 Å². The van der Waals surface area contributed by atoms with Crippen molar-refractivity contribution < 1.29 is 9.53 Å². The number of rotatable bonds is 5. The van der Waals surface area contributed by atoms with E-state index in [1.54, 1.807) is 7.11 Å². The normalized spacial score (nSPS) is 18.3. The summed E-state index contributed by atoms with van der Waals surface area (Å²) in [6, 6.07) is 7.93. The summed E-state index contributed by atoms with van der Waals surface area (Å²) >= 11 is 0. The van der Waals surface area contributed by atoms with E-state index in [9.17, 15) is 4.79 Å². The number of carbonyl (C=O) groups excluding carboxylic acids is 1. The van der Waals surface area contributed by atoms with Crippen LogP contribution in [0, 0.1) is 0 Å². The fraction of sp³-hybridized carbons (Fsp3) is 0.462. The van der Waals surface area contributed by atoms with Crippen molar-refractivity contribution in [2.75, 3.05) is 19.0 Å². The molecule has 0 fully saturated rings. The first-order valence-corrected chi connectivity index (χ1v) is 5.71. The van der Waals surface area contributed by atoms with Crippen LogP contribution in [-0.2, 0) is 9.53 Å². The third-order valence-corrected chi connectivity index (χ3v) is 3.00. The first-order chi connectivity index (χ1) is 7.83. The van der Waals surface area contributed by atoms with Gasteiger partial charge in [-0.05, 0) is 24.5 Å². The number of unbranched alkanes of at least 4 members (excludes halogenated alkanes) is 1. The van der Waals surface area contributed by atoms with Gasteiger partial charge in [0, 0.05) is 19.4 Å².